The second-order valence-electron chi connectivity index (χ2n) is 4.54. The van der Waals surface area contributed by atoms with Crippen molar-refractivity contribution in [3.63, 3.8) is 0 Å². The van der Waals surface area contributed by atoms with Gasteiger partial charge in [-0.1, -0.05) is 18.5 Å². The molecule has 1 aromatic carbocycles. The number of nitrogens with zero attached hydrogens (tertiary/aromatic N) is 1. The minimum absolute atomic E-state index is 0.0442. The Morgan fingerprint density at radius 2 is 2.06 bits per heavy atom. The molecule has 0 aromatic heterocycles. The molecule has 1 heterocycles. The topological polar surface area (TPSA) is 55.3 Å². The van der Waals surface area contributed by atoms with Gasteiger partial charge in [0, 0.05) is 23.6 Å². The lowest BCUT2D eigenvalue weighted by molar-refractivity contribution is 0.584. The maximum atomic E-state index is 14.3. The van der Waals surface area contributed by atoms with Gasteiger partial charge < -0.3 is 16.4 Å². The zero-order valence-corrected chi connectivity index (χ0v) is 12.0. The Bertz CT molecular complexity index is 469. The summed E-state index contributed by atoms with van der Waals surface area (Å²) < 4.78 is 14.3. The van der Waals surface area contributed by atoms with Crippen molar-refractivity contribution in [2.75, 3.05) is 28.7 Å². The van der Waals surface area contributed by atoms with E-state index in [0.717, 1.165) is 12.3 Å². The van der Waals surface area contributed by atoms with Gasteiger partial charge >= 0.3 is 0 Å². The van der Waals surface area contributed by atoms with Gasteiger partial charge in [0.25, 0.3) is 0 Å². The minimum atomic E-state index is -0.514. The van der Waals surface area contributed by atoms with Crippen LogP contribution in [0.2, 0.25) is 5.02 Å². The molecule has 1 saturated heterocycles. The van der Waals surface area contributed by atoms with Gasteiger partial charge in [-0.05, 0) is 13.0 Å². The van der Waals surface area contributed by atoms with Crippen molar-refractivity contribution in [1.82, 2.24) is 0 Å². The molecule has 18 heavy (non-hydrogen) atoms. The van der Waals surface area contributed by atoms with Gasteiger partial charge in [-0.3, -0.25) is 0 Å². The van der Waals surface area contributed by atoms with Crippen molar-refractivity contribution in [3.8, 4) is 0 Å². The lowest BCUT2D eigenvalue weighted by atomic mass is 10.1. The van der Waals surface area contributed by atoms with Crippen LogP contribution >= 0.6 is 23.4 Å². The van der Waals surface area contributed by atoms with Gasteiger partial charge in [-0.2, -0.15) is 11.8 Å². The molecule has 2 unspecified atom stereocenters. The molecule has 0 saturated carbocycles. The first-order chi connectivity index (χ1) is 8.43. The van der Waals surface area contributed by atoms with Gasteiger partial charge in [0.15, 0.2) is 5.82 Å². The van der Waals surface area contributed by atoms with Crippen LogP contribution in [0.3, 0.4) is 0 Å². The van der Waals surface area contributed by atoms with Crippen LogP contribution in [0.5, 0.6) is 0 Å². The predicted octanol–water partition coefficient (Wildman–Crippen LogP) is 2.97. The molecule has 1 aliphatic rings. The molecule has 1 aliphatic heterocycles. The molecule has 1 aromatic rings. The fraction of sp³-hybridized carbons (Fsp3) is 0.500. The lowest BCUT2D eigenvalue weighted by Gasteiger charge is -2.40. The number of hydrogen-bond acceptors (Lipinski definition) is 4. The third kappa shape index (κ3) is 2.21. The first-order valence-electron chi connectivity index (χ1n) is 5.84. The fourth-order valence-electron chi connectivity index (χ4n) is 2.20. The Kier molecular flexibility index (Phi) is 3.82. The molecule has 0 spiro atoms. The molecular formula is C12H17ClFN3S. The van der Waals surface area contributed by atoms with Crippen LogP contribution in [0.1, 0.15) is 13.8 Å². The van der Waals surface area contributed by atoms with E-state index in [1.165, 1.54) is 6.07 Å². The number of nitrogens with two attached hydrogens (primary N) is 2. The monoisotopic (exact) mass is 289 g/mol. The molecule has 0 aliphatic carbocycles. The van der Waals surface area contributed by atoms with E-state index in [-0.39, 0.29) is 16.8 Å². The van der Waals surface area contributed by atoms with E-state index in [0.29, 0.717) is 16.6 Å². The van der Waals surface area contributed by atoms with E-state index < -0.39 is 5.82 Å². The SMILES string of the molecule is CC1SCCN(c2c(N)cc(N)c(Cl)c2F)C1C. The second kappa shape index (κ2) is 5.05. The van der Waals surface area contributed by atoms with Gasteiger partial charge in [0.2, 0.25) is 0 Å². The summed E-state index contributed by atoms with van der Waals surface area (Å²) in [7, 11) is 0. The molecule has 0 amide bonds. The molecule has 0 radical (unpaired) electrons. The summed E-state index contributed by atoms with van der Waals surface area (Å²) in [6.45, 7) is 4.96. The number of hydrogen-bond donors (Lipinski definition) is 2. The molecule has 4 N–H and O–H groups in total. The van der Waals surface area contributed by atoms with Gasteiger partial charge in [-0.15, -0.1) is 0 Å². The van der Waals surface area contributed by atoms with Crippen LogP contribution in [-0.4, -0.2) is 23.6 Å². The van der Waals surface area contributed by atoms with E-state index in [1.54, 1.807) is 0 Å². The highest BCUT2D eigenvalue weighted by atomic mass is 35.5. The third-order valence-electron chi connectivity index (χ3n) is 3.41. The van der Waals surface area contributed by atoms with Crippen molar-refractivity contribution < 1.29 is 4.39 Å². The van der Waals surface area contributed by atoms with Crippen molar-refractivity contribution in [3.05, 3.63) is 16.9 Å². The Balaban J connectivity index is 2.47. The molecule has 1 fully saturated rings. The Morgan fingerprint density at radius 3 is 2.72 bits per heavy atom. The molecule has 100 valence electrons. The zero-order chi connectivity index (χ0) is 13.4. The van der Waals surface area contributed by atoms with Gasteiger partial charge in [0.05, 0.1) is 17.1 Å². The van der Waals surface area contributed by atoms with E-state index in [1.807, 2.05) is 16.7 Å². The van der Waals surface area contributed by atoms with Crippen LogP contribution in [0.25, 0.3) is 0 Å². The van der Waals surface area contributed by atoms with Crippen molar-refractivity contribution >= 4 is 40.4 Å². The van der Waals surface area contributed by atoms with E-state index in [2.05, 4.69) is 13.8 Å². The summed E-state index contributed by atoms with van der Waals surface area (Å²) in [5, 5.41) is 0.381. The number of nitrogen functional groups attached to an aromatic ring is 2. The normalized spacial score (nSPS) is 24.3. The van der Waals surface area contributed by atoms with Crippen molar-refractivity contribution in [2.45, 2.75) is 25.1 Å². The Morgan fingerprint density at radius 1 is 1.39 bits per heavy atom. The summed E-state index contributed by atoms with van der Waals surface area (Å²) in [5.41, 5.74) is 12.4. The average molecular weight is 290 g/mol. The van der Waals surface area contributed by atoms with Gasteiger partial charge in [-0.25, -0.2) is 4.39 Å². The minimum Gasteiger partial charge on any atom is -0.397 e. The number of benzene rings is 1. The first-order valence-corrected chi connectivity index (χ1v) is 7.27. The van der Waals surface area contributed by atoms with E-state index in [9.17, 15) is 4.39 Å². The summed E-state index contributed by atoms with van der Waals surface area (Å²) >= 11 is 7.75. The first kappa shape index (κ1) is 13.6. The summed E-state index contributed by atoms with van der Waals surface area (Å²) in [6.07, 6.45) is 0. The number of halogens is 2. The highest BCUT2D eigenvalue weighted by Crippen LogP contribution is 2.39. The average Bonchev–Trinajstić information content (AvgIpc) is 2.32. The molecule has 0 bridgehead atoms. The quantitative estimate of drug-likeness (QED) is 0.781. The number of anilines is 3. The fourth-order valence-corrected chi connectivity index (χ4v) is 3.44. The van der Waals surface area contributed by atoms with Crippen molar-refractivity contribution in [1.29, 1.82) is 0 Å². The van der Waals surface area contributed by atoms with Crippen molar-refractivity contribution in [2.24, 2.45) is 0 Å². The Hall–Kier alpha value is -0.810. The lowest BCUT2D eigenvalue weighted by Crippen LogP contribution is -2.45. The van der Waals surface area contributed by atoms with E-state index >= 15 is 0 Å². The summed E-state index contributed by atoms with van der Waals surface area (Å²) in [4.78, 5) is 1.98. The summed E-state index contributed by atoms with van der Waals surface area (Å²) in [6, 6.07) is 1.74. The second-order valence-corrected chi connectivity index (χ2v) is 6.40. The molecule has 2 rings (SSSR count). The largest absolute Gasteiger partial charge is 0.397 e. The maximum absolute atomic E-state index is 14.3. The zero-order valence-electron chi connectivity index (χ0n) is 10.4. The van der Waals surface area contributed by atoms with Crippen LogP contribution in [0.4, 0.5) is 21.5 Å². The predicted molar refractivity (Wildman–Crippen MR) is 79.0 cm³/mol. The Labute approximate surface area is 116 Å². The van der Waals surface area contributed by atoms with Crippen LogP contribution < -0.4 is 16.4 Å². The highest BCUT2D eigenvalue weighted by molar-refractivity contribution is 8.00. The molecule has 3 nitrogen and oxygen atoms in total. The molecular weight excluding hydrogens is 273 g/mol. The number of rotatable bonds is 1. The molecule has 2 atom stereocenters. The van der Waals surface area contributed by atoms with Gasteiger partial charge in [0.1, 0.15) is 5.02 Å². The van der Waals surface area contributed by atoms with E-state index in [4.69, 9.17) is 23.1 Å². The third-order valence-corrected chi connectivity index (χ3v) is 5.13. The van der Waals surface area contributed by atoms with Crippen LogP contribution in [0, 0.1) is 5.82 Å². The van der Waals surface area contributed by atoms with Crippen LogP contribution in [0.15, 0.2) is 6.07 Å². The molecule has 6 heteroatoms. The smallest absolute Gasteiger partial charge is 0.169 e. The van der Waals surface area contributed by atoms with Crippen LogP contribution in [-0.2, 0) is 0 Å². The highest BCUT2D eigenvalue weighted by Gasteiger charge is 2.29. The maximum Gasteiger partial charge on any atom is 0.169 e. The standard InChI is InChI=1S/C12H17ClFN3S/c1-6-7(2)18-4-3-17(6)12-9(16)5-8(15)10(13)11(12)14/h5-7H,3-4,15-16H2,1-2H3. The summed E-state index contributed by atoms with van der Waals surface area (Å²) in [5.74, 6) is 0.437. The number of thioether (sulfide) groups is 1.